The van der Waals surface area contributed by atoms with Crippen LogP contribution in [0.1, 0.15) is 33.0 Å². The highest BCUT2D eigenvalue weighted by Gasteiger charge is 2.37. The van der Waals surface area contributed by atoms with Crippen molar-refractivity contribution in [3.8, 4) is 5.75 Å². The third kappa shape index (κ3) is 6.86. The largest absolute Gasteiger partial charge is 0.415 e. The summed E-state index contributed by atoms with van der Waals surface area (Å²) >= 11 is 10.6. The minimum atomic E-state index is -0.416. The molecule has 2 aliphatic heterocycles. The molecule has 4 amide bonds. The molecule has 54 heavy (non-hydrogen) atoms. The Morgan fingerprint density at radius 2 is 1.48 bits per heavy atom. The van der Waals surface area contributed by atoms with Gasteiger partial charge in [0, 0.05) is 83.1 Å². The number of anilines is 3. The molecule has 8 rings (SSSR count). The second-order valence-corrected chi connectivity index (χ2v) is 14.5. The van der Waals surface area contributed by atoms with Gasteiger partial charge in [0.25, 0.3) is 11.8 Å². The highest BCUT2D eigenvalue weighted by atomic mass is 35.5. The molecular formula is C40H38ClN7O5S. The summed E-state index contributed by atoms with van der Waals surface area (Å²) in [4.78, 5) is 64.9. The van der Waals surface area contributed by atoms with Crippen molar-refractivity contribution in [1.82, 2.24) is 19.8 Å². The number of hydrogen-bond acceptors (Lipinski definition) is 7. The van der Waals surface area contributed by atoms with Crippen molar-refractivity contribution in [2.75, 3.05) is 60.4 Å². The lowest BCUT2D eigenvalue weighted by Gasteiger charge is -2.31. The van der Waals surface area contributed by atoms with Gasteiger partial charge in [-0.05, 0) is 78.7 Å². The Kier molecular flexibility index (Phi) is 9.69. The van der Waals surface area contributed by atoms with Crippen molar-refractivity contribution in [3.63, 3.8) is 0 Å². The van der Waals surface area contributed by atoms with Gasteiger partial charge in [0.05, 0.1) is 11.7 Å². The zero-order valence-corrected chi connectivity index (χ0v) is 31.1. The van der Waals surface area contributed by atoms with Crippen LogP contribution in [-0.4, -0.2) is 94.5 Å². The van der Waals surface area contributed by atoms with Crippen molar-refractivity contribution in [1.29, 1.82) is 0 Å². The minimum absolute atomic E-state index is 0.130. The first-order valence-corrected chi connectivity index (χ1v) is 18.9. The molecule has 4 aromatic carbocycles. The summed E-state index contributed by atoms with van der Waals surface area (Å²) in [6.07, 6.45) is 0.437. The maximum atomic E-state index is 14.4. The lowest BCUT2D eigenvalue weighted by atomic mass is 10.0. The minimum Gasteiger partial charge on any atom is -0.409 e. The SMILES string of the molecule is CN1CCN(C(=O)Oc2cc3c(c4ccccc24)C[C@@H](CCl)N3C(=O)c2cc3cc(NC(=O)c4cc5cc(NC(=O)CCS)ccc5[nH]4)ccc3[nH]2)CC1. The van der Waals surface area contributed by atoms with Crippen molar-refractivity contribution in [2.45, 2.75) is 18.9 Å². The number of carbonyl (C=O) groups excluding carboxylic acids is 4. The van der Waals surface area contributed by atoms with E-state index < -0.39 is 6.09 Å². The number of alkyl halides is 1. The van der Waals surface area contributed by atoms with E-state index in [2.05, 4.69) is 38.1 Å². The molecule has 4 heterocycles. The van der Waals surface area contributed by atoms with Gasteiger partial charge in [-0.2, -0.15) is 12.6 Å². The molecular weight excluding hydrogens is 726 g/mol. The lowest BCUT2D eigenvalue weighted by Crippen LogP contribution is -2.48. The van der Waals surface area contributed by atoms with E-state index in [0.29, 0.717) is 65.9 Å². The van der Waals surface area contributed by atoms with Gasteiger partial charge in [0.15, 0.2) is 0 Å². The fraction of sp³-hybridized carbons (Fsp3) is 0.250. The summed E-state index contributed by atoms with van der Waals surface area (Å²) in [5, 5.41) is 8.99. The van der Waals surface area contributed by atoms with Gasteiger partial charge in [-0.25, -0.2) is 4.79 Å². The van der Waals surface area contributed by atoms with Crippen LogP contribution in [0.25, 0.3) is 32.6 Å². The van der Waals surface area contributed by atoms with E-state index in [4.69, 9.17) is 16.3 Å². The molecule has 2 aliphatic rings. The van der Waals surface area contributed by atoms with Gasteiger partial charge >= 0.3 is 6.09 Å². The molecule has 14 heteroatoms. The Hall–Kier alpha value is -5.50. The van der Waals surface area contributed by atoms with Crippen LogP contribution in [0.4, 0.5) is 21.9 Å². The van der Waals surface area contributed by atoms with Gasteiger partial charge in [-0.15, -0.1) is 11.6 Å². The number of nitrogens with one attached hydrogen (secondary N) is 4. The molecule has 1 fully saturated rings. The second kappa shape index (κ2) is 14.7. The first-order valence-electron chi connectivity index (χ1n) is 17.8. The molecule has 0 radical (unpaired) electrons. The molecule has 1 atom stereocenters. The van der Waals surface area contributed by atoms with Crippen LogP contribution in [0.15, 0.2) is 78.9 Å². The number of carbonyl (C=O) groups is 4. The number of aromatic nitrogens is 2. The highest BCUT2D eigenvalue weighted by Crippen LogP contribution is 2.43. The van der Waals surface area contributed by atoms with Crippen molar-refractivity contribution in [3.05, 3.63) is 95.8 Å². The summed E-state index contributed by atoms with van der Waals surface area (Å²) < 4.78 is 6.03. The zero-order chi connectivity index (χ0) is 37.5. The van der Waals surface area contributed by atoms with E-state index in [-0.39, 0.29) is 29.6 Å². The lowest BCUT2D eigenvalue weighted by molar-refractivity contribution is -0.115. The molecule has 0 bridgehead atoms. The number of likely N-dealkylation sites (N-methyl/N-ethyl adjacent to an activating group) is 1. The van der Waals surface area contributed by atoms with Crippen molar-refractivity contribution < 1.29 is 23.9 Å². The van der Waals surface area contributed by atoms with Crippen LogP contribution in [0.3, 0.4) is 0 Å². The van der Waals surface area contributed by atoms with Crippen LogP contribution < -0.4 is 20.3 Å². The number of ether oxygens (including phenoxy) is 1. The molecule has 6 aromatic rings. The number of rotatable bonds is 8. The highest BCUT2D eigenvalue weighted by molar-refractivity contribution is 7.80. The number of aromatic amines is 2. The molecule has 0 saturated carbocycles. The van der Waals surface area contributed by atoms with E-state index in [1.54, 1.807) is 52.3 Å². The molecule has 0 spiro atoms. The number of halogens is 1. The number of benzene rings is 4. The topological polar surface area (TPSA) is 143 Å². The summed E-state index contributed by atoms with van der Waals surface area (Å²) in [6.45, 7) is 2.69. The first kappa shape index (κ1) is 35.5. The second-order valence-electron chi connectivity index (χ2n) is 13.7. The Morgan fingerprint density at radius 3 is 2.17 bits per heavy atom. The van der Waals surface area contributed by atoms with E-state index in [9.17, 15) is 19.2 Å². The van der Waals surface area contributed by atoms with Gasteiger partial charge in [0.1, 0.15) is 17.1 Å². The molecule has 0 unspecified atom stereocenters. The van der Waals surface area contributed by atoms with Crippen molar-refractivity contribution in [2.24, 2.45) is 0 Å². The van der Waals surface area contributed by atoms with Crippen LogP contribution >= 0.6 is 24.2 Å². The fourth-order valence-corrected chi connectivity index (χ4v) is 7.73. The molecule has 0 aliphatic carbocycles. The molecule has 276 valence electrons. The third-order valence-corrected chi connectivity index (χ3v) is 10.7. The predicted octanol–water partition coefficient (Wildman–Crippen LogP) is 6.87. The molecule has 4 N–H and O–H groups in total. The van der Waals surface area contributed by atoms with Crippen LogP contribution in [0.2, 0.25) is 0 Å². The number of fused-ring (bicyclic) bond motifs is 5. The summed E-state index contributed by atoms with van der Waals surface area (Å²) in [5.41, 5.74) is 4.99. The number of hydrogen-bond donors (Lipinski definition) is 5. The number of thiol groups is 1. The predicted molar refractivity (Wildman–Crippen MR) is 216 cm³/mol. The summed E-state index contributed by atoms with van der Waals surface area (Å²) in [5.74, 6) is 0.312. The van der Waals surface area contributed by atoms with E-state index in [1.807, 2.05) is 43.4 Å². The quantitative estimate of drug-likeness (QED) is 0.0847. The molecule has 1 saturated heterocycles. The van der Waals surface area contributed by atoms with E-state index in [1.165, 1.54) is 0 Å². The maximum Gasteiger partial charge on any atom is 0.415 e. The average molecular weight is 764 g/mol. The third-order valence-electron chi connectivity index (χ3n) is 10.1. The van der Waals surface area contributed by atoms with E-state index >= 15 is 0 Å². The Morgan fingerprint density at radius 1 is 0.833 bits per heavy atom. The standard InChI is InChI=1S/C40H38ClN7O5S/c1-46-11-13-47(14-12-46)40(52)53-36-21-35-30(28-4-2-3-5-29(28)36)20-27(22-41)48(35)39(51)34-19-24-17-26(7-9-32(24)45-34)43-38(50)33-18-23-16-25(6-8-31(23)44-33)42-37(49)10-15-54/h2-9,16-19,21,27,44-45,54H,10-15,20,22H2,1H3,(H,42,49)(H,43,50)/t27-/m0/s1. The maximum absolute atomic E-state index is 14.4. The zero-order valence-electron chi connectivity index (χ0n) is 29.4. The Balaban J connectivity index is 1.04. The number of piperazine rings is 1. The van der Waals surface area contributed by atoms with Gasteiger partial charge in [-0.1, -0.05) is 24.3 Å². The number of H-pyrrole nitrogens is 2. The smallest absolute Gasteiger partial charge is 0.409 e. The van der Waals surface area contributed by atoms with Crippen molar-refractivity contribution >= 4 is 97.7 Å². The Bertz CT molecular complexity index is 2450. The van der Waals surface area contributed by atoms with Crippen LogP contribution in [-0.2, 0) is 11.2 Å². The van der Waals surface area contributed by atoms with Crippen LogP contribution in [0.5, 0.6) is 5.75 Å². The van der Waals surface area contributed by atoms with Gasteiger partial charge < -0.3 is 40.0 Å². The van der Waals surface area contributed by atoms with Crippen LogP contribution in [0, 0.1) is 0 Å². The monoisotopic (exact) mass is 763 g/mol. The van der Waals surface area contributed by atoms with Gasteiger partial charge in [0.2, 0.25) is 5.91 Å². The summed E-state index contributed by atoms with van der Waals surface area (Å²) in [7, 11) is 2.03. The number of amides is 4. The normalized spacial score (nSPS) is 15.9. The molecule has 2 aromatic heterocycles. The average Bonchev–Trinajstić information content (AvgIpc) is 3.90. The van der Waals surface area contributed by atoms with E-state index in [0.717, 1.165) is 51.2 Å². The van der Waals surface area contributed by atoms with Gasteiger partial charge in [-0.3, -0.25) is 14.4 Å². The summed E-state index contributed by atoms with van der Waals surface area (Å²) in [6, 6.07) is 23.5. The molecule has 12 nitrogen and oxygen atoms in total. The Labute approximate surface area is 321 Å². The fourth-order valence-electron chi connectivity index (χ4n) is 7.28. The number of nitrogens with zero attached hydrogens (tertiary/aromatic N) is 3. The first-order chi connectivity index (χ1) is 26.2.